The fourth-order valence-corrected chi connectivity index (χ4v) is 1.47. The van der Waals surface area contributed by atoms with Gasteiger partial charge in [-0.1, -0.05) is 18.2 Å². The molecule has 1 aromatic rings. The van der Waals surface area contributed by atoms with Gasteiger partial charge in [0.05, 0.1) is 6.04 Å². The van der Waals surface area contributed by atoms with E-state index in [1.54, 1.807) is 0 Å². The fourth-order valence-electron chi connectivity index (χ4n) is 1.47. The van der Waals surface area contributed by atoms with Gasteiger partial charge in [-0.2, -0.15) is 0 Å². The molecule has 1 aromatic carbocycles. The summed E-state index contributed by atoms with van der Waals surface area (Å²) in [5.41, 5.74) is 4.78. The summed E-state index contributed by atoms with van der Waals surface area (Å²) in [4.78, 5) is 4.31. The Hall–Kier alpha value is -1.55. The molecule has 0 aliphatic carbocycles. The van der Waals surface area contributed by atoms with Crippen LogP contribution in [0.5, 0.6) is 0 Å². The number of guanidine groups is 1. The van der Waals surface area contributed by atoms with E-state index in [-0.39, 0.29) is 6.04 Å². The number of nitrogens with one attached hydrogen (secondary N) is 2. The minimum Gasteiger partial charge on any atom is -0.325 e. The van der Waals surface area contributed by atoms with Crippen LogP contribution in [0.15, 0.2) is 29.3 Å². The number of rotatable bonds is 0. The third-order valence-corrected chi connectivity index (χ3v) is 2.12. The normalized spacial score (nSPS) is 19.8. The van der Waals surface area contributed by atoms with Crippen LogP contribution in [0.2, 0.25) is 0 Å². The highest BCUT2D eigenvalue weighted by molar-refractivity contribution is 5.95. The average molecular weight is 176 g/mol. The average Bonchev–Trinajstić information content (AvgIpc) is 2.18. The molecule has 0 saturated carbocycles. The molecule has 1 aliphatic rings. The van der Waals surface area contributed by atoms with E-state index < -0.39 is 0 Å². The first kappa shape index (κ1) is 8.07. The zero-order chi connectivity index (χ0) is 9.26. The van der Waals surface area contributed by atoms with Crippen LogP contribution in [0.1, 0.15) is 18.5 Å². The van der Waals surface area contributed by atoms with Crippen LogP contribution in [0, 0.1) is 0 Å². The molecule has 1 unspecified atom stereocenters. The van der Waals surface area contributed by atoms with E-state index in [4.69, 9.17) is 5.84 Å². The van der Waals surface area contributed by atoms with Gasteiger partial charge < -0.3 is 5.32 Å². The topological polar surface area (TPSA) is 62.4 Å². The number of para-hydroxylation sites is 1. The molecule has 1 aliphatic heterocycles. The number of hydrogen-bond donors (Lipinski definition) is 3. The highest BCUT2D eigenvalue weighted by Crippen LogP contribution is 2.28. The lowest BCUT2D eigenvalue weighted by Gasteiger charge is -2.21. The predicted molar refractivity (Wildman–Crippen MR) is 53.2 cm³/mol. The minimum atomic E-state index is 0.156. The monoisotopic (exact) mass is 176 g/mol. The van der Waals surface area contributed by atoms with Crippen molar-refractivity contribution in [3.8, 4) is 0 Å². The zero-order valence-electron chi connectivity index (χ0n) is 7.41. The molecule has 0 radical (unpaired) electrons. The zero-order valence-corrected chi connectivity index (χ0v) is 7.41. The maximum atomic E-state index is 5.28. The Kier molecular flexibility index (Phi) is 1.90. The molecule has 13 heavy (non-hydrogen) atoms. The minimum absolute atomic E-state index is 0.156. The van der Waals surface area contributed by atoms with Crippen LogP contribution in [0.3, 0.4) is 0 Å². The third kappa shape index (κ3) is 1.36. The molecule has 4 heteroatoms. The van der Waals surface area contributed by atoms with Crippen LogP contribution < -0.4 is 16.6 Å². The molecule has 4 N–H and O–H groups in total. The summed E-state index contributed by atoms with van der Waals surface area (Å²) in [7, 11) is 0. The third-order valence-electron chi connectivity index (χ3n) is 2.12. The van der Waals surface area contributed by atoms with E-state index in [1.165, 1.54) is 5.56 Å². The fraction of sp³-hybridized carbons (Fsp3) is 0.222. The van der Waals surface area contributed by atoms with Crippen molar-refractivity contribution >= 4 is 11.6 Å². The van der Waals surface area contributed by atoms with E-state index >= 15 is 0 Å². The molecule has 0 aromatic heterocycles. The van der Waals surface area contributed by atoms with Gasteiger partial charge in [-0.15, -0.1) is 0 Å². The van der Waals surface area contributed by atoms with Crippen molar-refractivity contribution in [1.82, 2.24) is 5.43 Å². The molecular weight excluding hydrogens is 164 g/mol. The summed E-state index contributed by atoms with van der Waals surface area (Å²) in [6, 6.07) is 8.22. The first-order valence-electron chi connectivity index (χ1n) is 4.21. The van der Waals surface area contributed by atoms with Gasteiger partial charge in [0, 0.05) is 5.69 Å². The molecule has 1 atom stereocenters. The Balaban J connectivity index is 2.40. The Labute approximate surface area is 76.8 Å². The van der Waals surface area contributed by atoms with Crippen molar-refractivity contribution in [2.24, 2.45) is 10.8 Å². The Morgan fingerprint density at radius 1 is 1.46 bits per heavy atom. The van der Waals surface area contributed by atoms with Crippen molar-refractivity contribution in [2.45, 2.75) is 13.0 Å². The van der Waals surface area contributed by atoms with Crippen molar-refractivity contribution in [1.29, 1.82) is 0 Å². The number of aliphatic imine (C=N–C) groups is 1. The molecule has 0 saturated heterocycles. The van der Waals surface area contributed by atoms with E-state index in [1.807, 2.05) is 25.1 Å². The second-order valence-electron chi connectivity index (χ2n) is 3.01. The smallest absolute Gasteiger partial charge is 0.210 e. The number of nitrogens with zero attached hydrogens (tertiary/aromatic N) is 1. The van der Waals surface area contributed by atoms with Crippen molar-refractivity contribution < 1.29 is 0 Å². The van der Waals surface area contributed by atoms with Crippen LogP contribution in [0.4, 0.5) is 5.69 Å². The summed E-state index contributed by atoms with van der Waals surface area (Å²) in [6.07, 6.45) is 0. The van der Waals surface area contributed by atoms with Gasteiger partial charge in [0.25, 0.3) is 0 Å². The highest BCUT2D eigenvalue weighted by atomic mass is 15.3. The Morgan fingerprint density at radius 2 is 2.23 bits per heavy atom. The van der Waals surface area contributed by atoms with Gasteiger partial charge in [0.2, 0.25) is 5.96 Å². The summed E-state index contributed by atoms with van der Waals surface area (Å²) in [5, 5.41) is 3.09. The van der Waals surface area contributed by atoms with Gasteiger partial charge >= 0.3 is 0 Å². The standard InChI is InChI=1S/C9H12N4/c1-6-7-4-2-3-5-8(7)12-9(11-6)13-10/h2-6H,10H2,1H3,(H2,11,12,13). The van der Waals surface area contributed by atoms with E-state index in [9.17, 15) is 0 Å². The molecule has 0 fully saturated rings. The van der Waals surface area contributed by atoms with E-state index in [0.717, 1.165) is 5.69 Å². The number of hydrazine groups is 1. The second-order valence-corrected chi connectivity index (χ2v) is 3.01. The lowest BCUT2D eigenvalue weighted by molar-refractivity contribution is 0.793. The summed E-state index contributed by atoms with van der Waals surface area (Å²) in [6.45, 7) is 2.04. The summed E-state index contributed by atoms with van der Waals surface area (Å²) < 4.78 is 0. The Morgan fingerprint density at radius 3 is 3.00 bits per heavy atom. The molecule has 4 nitrogen and oxygen atoms in total. The number of fused-ring (bicyclic) bond motifs is 1. The van der Waals surface area contributed by atoms with E-state index in [0.29, 0.717) is 5.96 Å². The first-order chi connectivity index (χ1) is 6.31. The van der Waals surface area contributed by atoms with Crippen molar-refractivity contribution in [3.63, 3.8) is 0 Å². The number of hydrogen-bond acceptors (Lipinski definition) is 4. The van der Waals surface area contributed by atoms with Crippen LogP contribution in [-0.2, 0) is 0 Å². The maximum Gasteiger partial charge on any atom is 0.210 e. The van der Waals surface area contributed by atoms with Gasteiger partial charge in [-0.25, -0.2) is 10.8 Å². The van der Waals surface area contributed by atoms with Crippen LogP contribution >= 0.6 is 0 Å². The molecule has 0 bridgehead atoms. The molecule has 2 rings (SSSR count). The summed E-state index contributed by atoms with van der Waals surface area (Å²) in [5.74, 6) is 5.90. The maximum absolute atomic E-state index is 5.28. The predicted octanol–water partition coefficient (Wildman–Crippen LogP) is 0.992. The van der Waals surface area contributed by atoms with Gasteiger partial charge in [0.1, 0.15) is 0 Å². The number of benzene rings is 1. The first-order valence-corrected chi connectivity index (χ1v) is 4.21. The molecule has 0 amide bonds. The van der Waals surface area contributed by atoms with Crippen LogP contribution in [0.25, 0.3) is 0 Å². The van der Waals surface area contributed by atoms with Gasteiger partial charge in [-0.3, -0.25) is 5.43 Å². The van der Waals surface area contributed by atoms with E-state index in [2.05, 4.69) is 21.8 Å². The Bertz CT molecular complexity index is 345. The largest absolute Gasteiger partial charge is 0.325 e. The molecule has 68 valence electrons. The molecule has 0 spiro atoms. The molecule has 1 heterocycles. The van der Waals surface area contributed by atoms with Crippen LogP contribution in [-0.4, -0.2) is 5.96 Å². The second kappa shape index (κ2) is 3.06. The van der Waals surface area contributed by atoms with Crippen molar-refractivity contribution in [3.05, 3.63) is 29.8 Å². The lowest BCUT2D eigenvalue weighted by Crippen LogP contribution is -2.38. The quantitative estimate of drug-likeness (QED) is 0.408. The SMILES string of the molecule is CC1N=C(NN)Nc2ccccc21. The number of nitrogens with two attached hydrogens (primary N) is 1. The lowest BCUT2D eigenvalue weighted by atomic mass is 10.1. The number of anilines is 1. The molecular formula is C9H12N4. The van der Waals surface area contributed by atoms with Gasteiger partial charge in [-0.05, 0) is 18.6 Å². The van der Waals surface area contributed by atoms with Crippen molar-refractivity contribution in [2.75, 3.05) is 5.32 Å². The summed E-state index contributed by atoms with van der Waals surface area (Å²) >= 11 is 0. The van der Waals surface area contributed by atoms with Gasteiger partial charge in [0.15, 0.2) is 0 Å². The highest BCUT2D eigenvalue weighted by Gasteiger charge is 2.15.